The summed E-state index contributed by atoms with van der Waals surface area (Å²) in [6.07, 6.45) is 0.0945. The first-order chi connectivity index (χ1) is 15.9. The van der Waals surface area contributed by atoms with Gasteiger partial charge in [0.15, 0.2) is 0 Å². The summed E-state index contributed by atoms with van der Waals surface area (Å²) in [6.45, 7) is 1.70. The molecule has 0 atom stereocenters. The lowest BCUT2D eigenvalue weighted by molar-refractivity contribution is -0.115. The number of methoxy groups -OCH3 is 1. The van der Waals surface area contributed by atoms with E-state index in [1.165, 1.54) is 24.5 Å². The molecule has 2 N–H and O–H groups in total. The highest BCUT2D eigenvalue weighted by molar-refractivity contribution is 7.92. The van der Waals surface area contributed by atoms with Crippen molar-refractivity contribution in [2.75, 3.05) is 17.1 Å². The topological polar surface area (TPSA) is 97.4 Å². The van der Waals surface area contributed by atoms with E-state index in [-0.39, 0.29) is 17.2 Å². The van der Waals surface area contributed by atoms with Crippen LogP contribution in [0.25, 0.3) is 9.88 Å². The number of hydrogen-bond donors (Lipinski definition) is 2. The molecule has 4 rings (SSSR count). The normalized spacial score (nSPS) is 11.2. The van der Waals surface area contributed by atoms with Crippen molar-refractivity contribution in [3.05, 3.63) is 76.6 Å². The molecule has 0 fully saturated rings. The largest absolute Gasteiger partial charge is 0.495 e. The third-order valence-corrected chi connectivity index (χ3v) is 8.18. The smallest absolute Gasteiger partial charge is 0.262 e. The number of nitrogens with zero attached hydrogens (tertiary/aromatic N) is 1. The Hall–Kier alpha value is -3.21. The minimum atomic E-state index is -3.91. The molecule has 7 nitrogen and oxygen atoms in total. The zero-order chi connectivity index (χ0) is 23.4. The molecule has 0 aliphatic heterocycles. The summed E-state index contributed by atoms with van der Waals surface area (Å²) in [5.41, 5.74) is 1.94. The van der Waals surface area contributed by atoms with Crippen LogP contribution in [0.4, 0.5) is 11.4 Å². The lowest BCUT2D eigenvalue weighted by atomic mass is 10.2. The summed E-state index contributed by atoms with van der Waals surface area (Å²) >= 11 is 3.08. The maximum atomic E-state index is 13.0. The first-order valence-electron chi connectivity index (χ1n) is 9.90. The lowest BCUT2D eigenvalue weighted by Gasteiger charge is -2.14. The number of rotatable bonds is 8. The number of ether oxygens (including phenoxy) is 1. The van der Waals surface area contributed by atoms with E-state index in [4.69, 9.17) is 4.74 Å². The second-order valence-corrected chi connectivity index (χ2v) is 10.6. The van der Waals surface area contributed by atoms with Crippen molar-refractivity contribution in [3.8, 4) is 15.6 Å². The molecule has 2 heterocycles. The van der Waals surface area contributed by atoms with E-state index in [0.29, 0.717) is 28.4 Å². The number of anilines is 2. The van der Waals surface area contributed by atoms with Gasteiger partial charge in [-0.1, -0.05) is 24.3 Å². The molecule has 33 heavy (non-hydrogen) atoms. The third kappa shape index (κ3) is 5.41. The molecule has 0 spiro atoms. The maximum absolute atomic E-state index is 13.0. The summed E-state index contributed by atoms with van der Waals surface area (Å²) < 4.78 is 33.9. The van der Waals surface area contributed by atoms with E-state index in [0.717, 1.165) is 9.88 Å². The first kappa shape index (κ1) is 23.0. The predicted molar refractivity (Wildman–Crippen MR) is 133 cm³/mol. The number of sulfonamides is 1. The Labute approximate surface area is 200 Å². The van der Waals surface area contributed by atoms with Gasteiger partial charge in [-0.05, 0) is 48.2 Å². The van der Waals surface area contributed by atoms with Gasteiger partial charge in [0.05, 0.1) is 34.7 Å². The van der Waals surface area contributed by atoms with E-state index in [1.54, 1.807) is 54.7 Å². The quantitative estimate of drug-likeness (QED) is 0.349. The number of amides is 1. The van der Waals surface area contributed by atoms with Crippen molar-refractivity contribution in [1.82, 2.24) is 4.98 Å². The molecule has 0 saturated heterocycles. The van der Waals surface area contributed by atoms with Gasteiger partial charge in [0.2, 0.25) is 5.91 Å². The Morgan fingerprint density at radius 1 is 1.09 bits per heavy atom. The zero-order valence-corrected chi connectivity index (χ0v) is 20.3. The molecule has 0 unspecified atom stereocenters. The molecular weight excluding hydrogens is 478 g/mol. The minimum absolute atomic E-state index is 0.0693. The van der Waals surface area contributed by atoms with Crippen LogP contribution >= 0.6 is 22.7 Å². The molecule has 4 aromatic rings. The highest BCUT2D eigenvalue weighted by Gasteiger charge is 2.20. The highest BCUT2D eigenvalue weighted by Crippen LogP contribution is 2.29. The van der Waals surface area contributed by atoms with Crippen molar-refractivity contribution in [2.24, 2.45) is 0 Å². The van der Waals surface area contributed by atoms with Crippen molar-refractivity contribution >= 4 is 50.0 Å². The predicted octanol–water partition coefficient (Wildman–Crippen LogP) is 5.17. The number of para-hydroxylation sites is 2. The third-order valence-electron chi connectivity index (χ3n) is 4.74. The standard InChI is InChI=1S/C23H21N3O4S3/c1-15-9-10-16(12-21(15)33(28,29)26-18-6-3-4-7-19(18)30-2)24-22(27)13-17-14-32-23(25-17)20-8-5-11-31-20/h3-12,14,26H,13H2,1-2H3,(H,24,27). The summed E-state index contributed by atoms with van der Waals surface area (Å²) in [5.74, 6) is 0.135. The molecule has 0 radical (unpaired) electrons. The number of thiophene rings is 1. The number of aromatic nitrogens is 1. The monoisotopic (exact) mass is 499 g/mol. The Bertz CT molecular complexity index is 1380. The number of carbonyl (C=O) groups is 1. The molecule has 10 heteroatoms. The van der Waals surface area contributed by atoms with E-state index in [9.17, 15) is 13.2 Å². The Morgan fingerprint density at radius 2 is 1.91 bits per heavy atom. The molecule has 0 aliphatic rings. The number of benzene rings is 2. The van der Waals surface area contributed by atoms with E-state index in [2.05, 4.69) is 15.0 Å². The van der Waals surface area contributed by atoms with Crippen LogP contribution in [0.1, 0.15) is 11.3 Å². The van der Waals surface area contributed by atoms with Gasteiger partial charge in [-0.2, -0.15) is 0 Å². The van der Waals surface area contributed by atoms with Gasteiger partial charge in [-0.15, -0.1) is 22.7 Å². The van der Waals surface area contributed by atoms with Gasteiger partial charge in [0.25, 0.3) is 10.0 Å². The van der Waals surface area contributed by atoms with Crippen LogP contribution in [-0.2, 0) is 21.2 Å². The van der Waals surface area contributed by atoms with Crippen LogP contribution in [0.15, 0.2) is 70.3 Å². The van der Waals surface area contributed by atoms with Gasteiger partial charge < -0.3 is 10.1 Å². The molecule has 0 bridgehead atoms. The highest BCUT2D eigenvalue weighted by atomic mass is 32.2. The van der Waals surface area contributed by atoms with E-state index < -0.39 is 10.0 Å². The molecule has 0 saturated carbocycles. The second-order valence-electron chi connectivity index (χ2n) is 7.13. The van der Waals surface area contributed by atoms with Crippen LogP contribution in [-0.4, -0.2) is 26.4 Å². The summed E-state index contributed by atoms with van der Waals surface area (Å²) in [7, 11) is -2.43. The van der Waals surface area contributed by atoms with Gasteiger partial charge in [0, 0.05) is 11.1 Å². The maximum Gasteiger partial charge on any atom is 0.262 e. The second kappa shape index (κ2) is 9.74. The summed E-state index contributed by atoms with van der Waals surface area (Å²) in [5, 5.41) is 7.48. The SMILES string of the molecule is COc1ccccc1NS(=O)(=O)c1cc(NC(=O)Cc2csc(-c3cccs3)n2)ccc1C. The van der Waals surface area contributed by atoms with Crippen molar-refractivity contribution in [3.63, 3.8) is 0 Å². The first-order valence-corrected chi connectivity index (χ1v) is 13.1. The van der Waals surface area contributed by atoms with E-state index in [1.807, 2.05) is 22.9 Å². The zero-order valence-electron chi connectivity index (χ0n) is 17.9. The molecule has 1 amide bonds. The Kier molecular flexibility index (Phi) is 6.77. The van der Waals surface area contributed by atoms with Crippen LogP contribution in [0.3, 0.4) is 0 Å². The molecule has 170 valence electrons. The van der Waals surface area contributed by atoms with E-state index >= 15 is 0 Å². The van der Waals surface area contributed by atoms with Crippen molar-refractivity contribution in [1.29, 1.82) is 0 Å². The minimum Gasteiger partial charge on any atom is -0.495 e. The number of hydrogen-bond acceptors (Lipinski definition) is 7. The van der Waals surface area contributed by atoms with Crippen molar-refractivity contribution < 1.29 is 17.9 Å². The molecule has 2 aromatic carbocycles. The molecular formula is C23H21N3O4S3. The van der Waals surface area contributed by atoms with Crippen LogP contribution in [0.5, 0.6) is 5.75 Å². The lowest BCUT2D eigenvalue weighted by Crippen LogP contribution is -2.17. The Morgan fingerprint density at radius 3 is 2.67 bits per heavy atom. The molecule has 2 aromatic heterocycles. The molecule has 0 aliphatic carbocycles. The van der Waals surface area contributed by atoms with Crippen LogP contribution < -0.4 is 14.8 Å². The number of carbonyl (C=O) groups excluding carboxylic acids is 1. The average Bonchev–Trinajstić information content (AvgIpc) is 3.47. The fourth-order valence-electron chi connectivity index (χ4n) is 3.17. The Balaban J connectivity index is 1.49. The fourth-order valence-corrected chi connectivity index (χ4v) is 6.14. The van der Waals surface area contributed by atoms with Gasteiger partial charge >= 0.3 is 0 Å². The van der Waals surface area contributed by atoms with Gasteiger partial charge in [0.1, 0.15) is 10.8 Å². The summed E-state index contributed by atoms with van der Waals surface area (Å²) in [4.78, 5) is 18.2. The van der Waals surface area contributed by atoms with Crippen LogP contribution in [0.2, 0.25) is 0 Å². The number of aryl methyl sites for hydroxylation is 1. The number of thiazole rings is 1. The van der Waals surface area contributed by atoms with Gasteiger partial charge in [-0.3, -0.25) is 9.52 Å². The van der Waals surface area contributed by atoms with Crippen LogP contribution in [0, 0.1) is 6.92 Å². The average molecular weight is 500 g/mol. The summed E-state index contributed by atoms with van der Waals surface area (Å²) in [6, 6.07) is 15.5. The fraction of sp³-hybridized carbons (Fsp3) is 0.130. The van der Waals surface area contributed by atoms with Crippen molar-refractivity contribution in [2.45, 2.75) is 18.2 Å². The number of nitrogens with one attached hydrogen (secondary N) is 2. The van der Waals surface area contributed by atoms with Gasteiger partial charge in [-0.25, -0.2) is 13.4 Å².